The van der Waals surface area contributed by atoms with E-state index in [0.29, 0.717) is 15.6 Å². The summed E-state index contributed by atoms with van der Waals surface area (Å²) in [5.74, 6) is 0.425. The molecular weight excluding hydrogens is 488 g/mol. The summed E-state index contributed by atoms with van der Waals surface area (Å²) in [5.41, 5.74) is 0.581. The number of aliphatic hydroxyl groups excluding tert-OH is 2. The molecule has 2 rings (SSSR count). The van der Waals surface area contributed by atoms with Gasteiger partial charge in [-0.1, -0.05) is 30.3 Å². The largest absolute Gasteiger partial charge is 0.497 e. The zero-order valence-corrected chi connectivity index (χ0v) is 22.0. The minimum atomic E-state index is -4.86. The third-order valence-electron chi connectivity index (χ3n) is 5.15. The molecule has 11 heteroatoms. The summed E-state index contributed by atoms with van der Waals surface area (Å²) < 4.78 is 46.2. The molecule has 0 unspecified atom stereocenters. The van der Waals surface area contributed by atoms with E-state index in [9.17, 15) is 28.0 Å². The lowest BCUT2D eigenvalue weighted by Crippen LogP contribution is -2.48. The van der Waals surface area contributed by atoms with Gasteiger partial charge in [0.2, 0.25) is 0 Å². The summed E-state index contributed by atoms with van der Waals surface area (Å²) in [6.07, 6.45) is -4.09. The first-order chi connectivity index (χ1) is 16.7. The number of hydrogen-bond donors (Lipinski definition) is 4. The van der Waals surface area contributed by atoms with Crippen LogP contribution in [0, 0.1) is 0 Å². The van der Waals surface area contributed by atoms with Gasteiger partial charge in [0.05, 0.1) is 25.4 Å². The van der Waals surface area contributed by atoms with Crippen LogP contribution in [0.2, 0.25) is 0 Å². The summed E-state index contributed by atoms with van der Waals surface area (Å²) >= 11 is 0. The molecule has 1 amide bonds. The molecule has 0 radical (unpaired) electrons. The second kappa shape index (κ2) is 12.4. The Morgan fingerprint density at radius 2 is 1.72 bits per heavy atom. The Labute approximate surface area is 212 Å². The number of anilines is 1. The van der Waals surface area contributed by atoms with Crippen molar-refractivity contribution >= 4 is 22.1 Å². The quantitative estimate of drug-likeness (QED) is 0.328. The zero-order valence-electron chi connectivity index (χ0n) is 21.2. The summed E-state index contributed by atoms with van der Waals surface area (Å²) in [6, 6.07) is 13.4. The monoisotopic (exact) mass is 524 g/mol. The molecule has 2 aromatic carbocycles. The van der Waals surface area contributed by atoms with Gasteiger partial charge in [0.15, 0.2) is 0 Å². The average molecular weight is 525 g/mol. The van der Waals surface area contributed by atoms with Crippen molar-refractivity contribution in [2.45, 2.75) is 64.4 Å². The van der Waals surface area contributed by atoms with Crippen molar-refractivity contribution in [2.75, 3.05) is 18.0 Å². The molecule has 3 atom stereocenters. The van der Waals surface area contributed by atoms with Crippen LogP contribution in [0.25, 0.3) is 0 Å². The lowest BCUT2D eigenvalue weighted by Gasteiger charge is -2.31. The first kappa shape index (κ1) is 29.4. The van der Waals surface area contributed by atoms with Crippen LogP contribution in [0.15, 0.2) is 48.5 Å². The normalized spacial score (nSPS) is 14.4. The highest BCUT2D eigenvalue weighted by molar-refractivity contribution is 7.87. The van der Waals surface area contributed by atoms with Crippen molar-refractivity contribution < 1.29 is 37.5 Å². The number of carbonyl (C=O) groups is 1. The number of hydrogen-bond acceptors (Lipinski definition) is 7. The van der Waals surface area contributed by atoms with E-state index in [-0.39, 0.29) is 18.5 Å². The number of benzene rings is 2. The number of alkyl carbamates (subject to hydrolysis) is 1. The maximum atomic E-state index is 12.5. The van der Waals surface area contributed by atoms with Crippen molar-refractivity contribution in [1.29, 1.82) is 0 Å². The Kier molecular flexibility index (Phi) is 10.1. The van der Waals surface area contributed by atoms with E-state index in [4.69, 9.17) is 9.47 Å². The van der Waals surface area contributed by atoms with Crippen LogP contribution < -0.4 is 14.4 Å². The van der Waals surface area contributed by atoms with Crippen molar-refractivity contribution in [3.8, 4) is 5.75 Å². The van der Waals surface area contributed by atoms with Crippen molar-refractivity contribution in [2.24, 2.45) is 0 Å². The Hall–Kier alpha value is -2.86. The minimum Gasteiger partial charge on any atom is -0.497 e. The lowest BCUT2D eigenvalue weighted by molar-refractivity contribution is 0.00577. The van der Waals surface area contributed by atoms with Gasteiger partial charge in [0.1, 0.15) is 18.0 Å². The van der Waals surface area contributed by atoms with E-state index in [1.165, 1.54) is 26.2 Å². The Bertz CT molecular complexity index is 1100. The molecule has 2 aromatic rings. The molecule has 0 heterocycles. The number of rotatable bonds is 11. The first-order valence-corrected chi connectivity index (χ1v) is 12.9. The van der Waals surface area contributed by atoms with Gasteiger partial charge >= 0.3 is 16.4 Å². The number of aliphatic hydroxyl groups is 2. The summed E-state index contributed by atoms with van der Waals surface area (Å²) in [6.45, 7) is 6.23. The van der Waals surface area contributed by atoms with E-state index in [1.54, 1.807) is 51.1 Å². The Morgan fingerprint density at radius 1 is 1.08 bits per heavy atom. The van der Waals surface area contributed by atoms with Crippen LogP contribution in [-0.4, -0.2) is 66.8 Å². The number of methoxy groups -OCH3 is 1. The van der Waals surface area contributed by atoms with Crippen LogP contribution in [0.5, 0.6) is 5.75 Å². The topological polar surface area (TPSA) is 146 Å². The van der Waals surface area contributed by atoms with Crippen LogP contribution in [-0.2, 0) is 27.9 Å². The fourth-order valence-corrected chi connectivity index (χ4v) is 4.36. The minimum absolute atomic E-state index is 0.0517. The second-order valence-corrected chi connectivity index (χ2v) is 11.0. The van der Waals surface area contributed by atoms with E-state index < -0.39 is 46.8 Å². The van der Waals surface area contributed by atoms with Gasteiger partial charge < -0.3 is 25.0 Å². The first-order valence-electron chi connectivity index (χ1n) is 11.5. The van der Waals surface area contributed by atoms with E-state index in [0.717, 1.165) is 5.56 Å². The van der Waals surface area contributed by atoms with Gasteiger partial charge in [-0.3, -0.25) is 4.55 Å². The lowest BCUT2D eigenvalue weighted by atomic mass is 10.0. The van der Waals surface area contributed by atoms with Gasteiger partial charge in [-0.15, -0.1) is 0 Å². The number of amides is 1. The van der Waals surface area contributed by atoms with Gasteiger partial charge in [-0.2, -0.15) is 8.42 Å². The highest BCUT2D eigenvalue weighted by Gasteiger charge is 2.32. The zero-order chi connectivity index (χ0) is 27.1. The molecule has 0 spiro atoms. The molecule has 0 aliphatic rings. The molecule has 4 N–H and O–H groups in total. The van der Waals surface area contributed by atoms with Gasteiger partial charge in [0.25, 0.3) is 0 Å². The van der Waals surface area contributed by atoms with Crippen LogP contribution >= 0.6 is 0 Å². The second-order valence-electron chi connectivity index (χ2n) is 9.63. The number of ether oxygens (including phenoxy) is 2. The maximum absolute atomic E-state index is 12.5. The molecule has 36 heavy (non-hydrogen) atoms. The van der Waals surface area contributed by atoms with Crippen LogP contribution in [0.4, 0.5) is 10.5 Å². The van der Waals surface area contributed by atoms with Crippen LogP contribution in [0.1, 0.15) is 38.8 Å². The molecule has 10 nitrogen and oxygen atoms in total. The molecular formula is C25H36N2O8S. The van der Waals surface area contributed by atoms with Gasteiger partial charge in [-0.05, 0) is 57.0 Å². The molecule has 0 saturated carbocycles. The highest BCUT2D eigenvalue weighted by Crippen LogP contribution is 2.29. The summed E-state index contributed by atoms with van der Waals surface area (Å²) in [5, 5.41) is 23.7. The van der Waals surface area contributed by atoms with E-state index >= 15 is 0 Å². The third kappa shape index (κ3) is 9.30. The molecule has 0 bridgehead atoms. The highest BCUT2D eigenvalue weighted by atomic mass is 32.2. The molecule has 0 aliphatic carbocycles. The predicted octanol–water partition coefficient (Wildman–Crippen LogP) is 2.72. The Morgan fingerprint density at radius 3 is 2.25 bits per heavy atom. The fraction of sp³-hybridized carbons (Fsp3) is 0.480. The van der Waals surface area contributed by atoms with E-state index in [1.807, 2.05) is 6.07 Å². The standard InChI is InChI=1S/C25H36N2O8S/c1-17(28)13-19-15-20(34-5)11-12-21(19)27(36(31,32)33)16-22(29)23(14-18-9-7-6-8-10-18)35-24(30)26-25(2,3)4/h6-12,15,17,22-23,28-29H,13-14,16H2,1-5H3,(H,26,30)(H,31,32,33)/t17-,22-,23+/m1/s1. The smallest absolute Gasteiger partial charge is 0.407 e. The number of nitrogens with one attached hydrogen (secondary N) is 1. The van der Waals surface area contributed by atoms with Gasteiger partial charge in [0, 0.05) is 18.4 Å². The predicted molar refractivity (Wildman–Crippen MR) is 137 cm³/mol. The molecule has 200 valence electrons. The van der Waals surface area contributed by atoms with Crippen molar-refractivity contribution in [3.63, 3.8) is 0 Å². The third-order valence-corrected chi connectivity index (χ3v) is 6.05. The van der Waals surface area contributed by atoms with Crippen LogP contribution in [0.3, 0.4) is 0 Å². The molecule has 0 fully saturated rings. The summed E-state index contributed by atoms with van der Waals surface area (Å²) in [7, 11) is -3.42. The summed E-state index contributed by atoms with van der Waals surface area (Å²) in [4.78, 5) is 12.5. The van der Waals surface area contributed by atoms with Gasteiger partial charge in [-0.25, -0.2) is 9.10 Å². The van der Waals surface area contributed by atoms with Crippen molar-refractivity contribution in [3.05, 3.63) is 59.7 Å². The average Bonchev–Trinajstić information content (AvgIpc) is 2.75. The molecule has 0 aliphatic heterocycles. The Balaban J connectivity index is 2.41. The SMILES string of the molecule is COc1ccc(N(C[C@@H](O)[C@H](Cc2ccccc2)OC(=O)NC(C)(C)C)S(=O)(=O)O)c(C[C@@H](C)O)c1. The maximum Gasteiger partial charge on any atom is 0.407 e. The fourth-order valence-electron chi connectivity index (χ4n) is 3.59. The molecule has 0 saturated heterocycles. The molecule has 0 aromatic heterocycles. The number of nitrogens with zero attached hydrogens (tertiary/aromatic N) is 1. The van der Waals surface area contributed by atoms with E-state index in [2.05, 4.69) is 5.32 Å². The van der Waals surface area contributed by atoms with Crippen molar-refractivity contribution in [1.82, 2.24) is 5.32 Å². The number of carbonyl (C=O) groups excluding carboxylic acids is 1.